The van der Waals surface area contributed by atoms with Gasteiger partial charge in [-0.2, -0.15) is 0 Å². The van der Waals surface area contributed by atoms with Crippen LogP contribution in [0.3, 0.4) is 0 Å². The molecule has 8 nitrogen and oxygen atoms in total. The van der Waals surface area contributed by atoms with Crippen LogP contribution in [0.5, 0.6) is 11.5 Å². The predicted octanol–water partition coefficient (Wildman–Crippen LogP) is 5.75. The molecule has 2 aliphatic heterocycles. The number of aryl methyl sites for hydroxylation is 1. The van der Waals surface area contributed by atoms with Crippen LogP contribution >= 0.6 is 0 Å². The Bertz CT molecular complexity index is 1460. The summed E-state index contributed by atoms with van der Waals surface area (Å²) in [5.74, 6) is 0.303. The lowest BCUT2D eigenvalue weighted by molar-refractivity contribution is -0.140. The molecule has 5 rings (SSSR count). The SMILES string of the molecule is Cc1cc(/C(O)=C2\C(=O)C(=O)N(CCCN3CCOCC3)C2c2ccc(OCc3ccccc3)cc2)ccc1OCC(C)C. The van der Waals surface area contributed by atoms with Crippen molar-refractivity contribution in [1.82, 2.24) is 9.80 Å². The molecule has 0 saturated carbocycles. The first-order valence-corrected chi connectivity index (χ1v) is 15.4. The predicted molar refractivity (Wildman–Crippen MR) is 170 cm³/mol. The third kappa shape index (κ3) is 7.49. The molecule has 1 N–H and O–H groups in total. The minimum atomic E-state index is -0.722. The van der Waals surface area contributed by atoms with Crippen molar-refractivity contribution in [3.8, 4) is 11.5 Å². The largest absolute Gasteiger partial charge is 0.507 e. The van der Waals surface area contributed by atoms with E-state index >= 15 is 0 Å². The van der Waals surface area contributed by atoms with E-state index in [1.165, 1.54) is 0 Å². The number of hydrogen-bond acceptors (Lipinski definition) is 7. The summed E-state index contributed by atoms with van der Waals surface area (Å²) in [7, 11) is 0. The molecule has 2 saturated heterocycles. The summed E-state index contributed by atoms with van der Waals surface area (Å²) < 4.78 is 17.3. The van der Waals surface area contributed by atoms with Crippen molar-refractivity contribution in [3.05, 3.63) is 101 Å². The molecule has 1 atom stereocenters. The van der Waals surface area contributed by atoms with E-state index in [0.29, 0.717) is 56.6 Å². The summed E-state index contributed by atoms with van der Waals surface area (Å²) in [5, 5.41) is 11.6. The number of morpholine rings is 1. The second-order valence-electron chi connectivity index (χ2n) is 11.8. The van der Waals surface area contributed by atoms with Crippen molar-refractivity contribution >= 4 is 17.4 Å². The van der Waals surface area contributed by atoms with E-state index in [-0.39, 0.29) is 11.3 Å². The monoisotopic (exact) mass is 598 g/mol. The molecule has 232 valence electrons. The van der Waals surface area contributed by atoms with E-state index in [1.54, 1.807) is 23.1 Å². The summed E-state index contributed by atoms with van der Waals surface area (Å²) in [6, 6.07) is 22.0. The van der Waals surface area contributed by atoms with Crippen molar-refractivity contribution in [2.45, 2.75) is 39.8 Å². The van der Waals surface area contributed by atoms with Crippen LogP contribution in [0.1, 0.15) is 48.6 Å². The number of Topliss-reactive ketones (excluding diaryl/α,β-unsaturated/α-hetero) is 1. The van der Waals surface area contributed by atoms with Gasteiger partial charge in [0.1, 0.15) is 23.9 Å². The maximum Gasteiger partial charge on any atom is 0.295 e. The molecule has 0 spiro atoms. The fourth-order valence-corrected chi connectivity index (χ4v) is 5.60. The van der Waals surface area contributed by atoms with Gasteiger partial charge in [0.25, 0.3) is 11.7 Å². The average Bonchev–Trinajstić information content (AvgIpc) is 3.29. The molecule has 3 aromatic carbocycles. The Kier molecular flexibility index (Phi) is 10.4. The van der Waals surface area contributed by atoms with Gasteiger partial charge in [0.15, 0.2) is 0 Å². The van der Waals surface area contributed by atoms with Crippen LogP contribution in [-0.4, -0.2) is 72.6 Å². The first-order chi connectivity index (χ1) is 21.3. The van der Waals surface area contributed by atoms with Crippen LogP contribution in [0.2, 0.25) is 0 Å². The fourth-order valence-electron chi connectivity index (χ4n) is 5.60. The Morgan fingerprint density at radius 3 is 2.36 bits per heavy atom. The van der Waals surface area contributed by atoms with E-state index in [1.807, 2.05) is 61.5 Å². The van der Waals surface area contributed by atoms with Crippen molar-refractivity contribution < 1.29 is 28.9 Å². The first kappa shape index (κ1) is 31.3. The number of ketones is 1. The molecule has 2 aliphatic rings. The highest BCUT2D eigenvalue weighted by molar-refractivity contribution is 6.46. The van der Waals surface area contributed by atoms with E-state index in [9.17, 15) is 14.7 Å². The lowest BCUT2D eigenvalue weighted by Crippen LogP contribution is -2.38. The summed E-state index contributed by atoms with van der Waals surface area (Å²) >= 11 is 0. The maximum atomic E-state index is 13.5. The number of aliphatic hydroxyl groups excluding tert-OH is 1. The number of aliphatic hydroxyl groups is 1. The third-order valence-electron chi connectivity index (χ3n) is 7.98. The van der Waals surface area contributed by atoms with Crippen LogP contribution in [0.15, 0.2) is 78.4 Å². The van der Waals surface area contributed by atoms with Gasteiger partial charge in [0, 0.05) is 31.7 Å². The van der Waals surface area contributed by atoms with Crippen LogP contribution < -0.4 is 9.47 Å². The molecule has 2 fully saturated rings. The fraction of sp³-hybridized carbons (Fsp3) is 0.389. The number of rotatable bonds is 12. The van der Waals surface area contributed by atoms with Gasteiger partial charge in [0.05, 0.1) is 31.4 Å². The molecular weight excluding hydrogens is 556 g/mol. The van der Waals surface area contributed by atoms with Crippen LogP contribution in [-0.2, 0) is 20.9 Å². The minimum absolute atomic E-state index is 0.0922. The Balaban J connectivity index is 1.42. The molecule has 1 unspecified atom stereocenters. The van der Waals surface area contributed by atoms with E-state index in [4.69, 9.17) is 14.2 Å². The number of carbonyl (C=O) groups excluding carboxylic acids is 2. The van der Waals surface area contributed by atoms with E-state index in [0.717, 1.165) is 42.1 Å². The van der Waals surface area contributed by atoms with Gasteiger partial charge in [-0.1, -0.05) is 56.3 Å². The molecule has 1 amide bonds. The number of ether oxygens (including phenoxy) is 3. The standard InChI is InChI=1S/C36H42N2O6/c1-25(2)23-44-31-15-12-29(22-26(31)3)34(39)32-33(28-10-13-30(14-11-28)43-24-27-8-5-4-6-9-27)38(36(41)35(32)40)17-7-16-37-18-20-42-21-19-37/h4-6,8-15,22,25,33,39H,7,16-21,23-24H2,1-3H3/b34-32+. The van der Waals surface area contributed by atoms with Crippen LogP contribution in [0, 0.1) is 12.8 Å². The molecule has 0 radical (unpaired) electrons. The summed E-state index contributed by atoms with van der Waals surface area (Å²) in [6.07, 6.45) is 0.697. The topological polar surface area (TPSA) is 88.5 Å². The van der Waals surface area contributed by atoms with E-state index < -0.39 is 17.7 Å². The van der Waals surface area contributed by atoms with Crippen molar-refractivity contribution in [2.24, 2.45) is 5.92 Å². The van der Waals surface area contributed by atoms with Crippen LogP contribution in [0.25, 0.3) is 5.76 Å². The average molecular weight is 599 g/mol. The molecule has 8 heteroatoms. The summed E-state index contributed by atoms with van der Waals surface area (Å²) in [5.41, 5.74) is 3.19. The van der Waals surface area contributed by atoms with Gasteiger partial charge in [-0.25, -0.2) is 0 Å². The highest BCUT2D eigenvalue weighted by atomic mass is 16.5. The van der Waals surface area contributed by atoms with Gasteiger partial charge < -0.3 is 24.2 Å². The molecular formula is C36H42N2O6. The summed E-state index contributed by atoms with van der Waals surface area (Å²) in [6.45, 7) is 11.3. The molecule has 0 bridgehead atoms. The van der Waals surface area contributed by atoms with Crippen molar-refractivity contribution in [1.29, 1.82) is 0 Å². The Morgan fingerprint density at radius 1 is 0.955 bits per heavy atom. The summed E-state index contributed by atoms with van der Waals surface area (Å²) in [4.78, 5) is 30.9. The Labute approximate surface area is 259 Å². The maximum absolute atomic E-state index is 13.5. The Morgan fingerprint density at radius 2 is 1.68 bits per heavy atom. The van der Waals surface area contributed by atoms with Gasteiger partial charge in [-0.05, 0) is 66.3 Å². The first-order valence-electron chi connectivity index (χ1n) is 15.4. The number of amides is 1. The number of benzene rings is 3. The van der Waals surface area contributed by atoms with E-state index in [2.05, 4.69) is 18.7 Å². The highest BCUT2D eigenvalue weighted by Crippen LogP contribution is 2.40. The van der Waals surface area contributed by atoms with Gasteiger partial charge in [0.2, 0.25) is 0 Å². The Hall–Kier alpha value is -4.14. The normalized spacial score (nSPS) is 18.6. The smallest absolute Gasteiger partial charge is 0.295 e. The molecule has 0 aliphatic carbocycles. The highest BCUT2D eigenvalue weighted by Gasteiger charge is 2.45. The van der Waals surface area contributed by atoms with Crippen molar-refractivity contribution in [2.75, 3.05) is 46.0 Å². The number of nitrogens with zero attached hydrogens (tertiary/aromatic N) is 2. The zero-order valence-electron chi connectivity index (χ0n) is 25.8. The second-order valence-corrected chi connectivity index (χ2v) is 11.8. The molecule has 44 heavy (non-hydrogen) atoms. The lowest BCUT2D eigenvalue weighted by Gasteiger charge is -2.29. The van der Waals surface area contributed by atoms with Crippen molar-refractivity contribution in [3.63, 3.8) is 0 Å². The molecule has 2 heterocycles. The quantitative estimate of drug-likeness (QED) is 0.161. The number of likely N-dealkylation sites (tertiary alicyclic amines) is 1. The van der Waals surface area contributed by atoms with Crippen LogP contribution in [0.4, 0.5) is 0 Å². The molecule has 0 aromatic heterocycles. The number of carbonyl (C=O) groups is 2. The van der Waals surface area contributed by atoms with Gasteiger partial charge in [-0.15, -0.1) is 0 Å². The zero-order chi connectivity index (χ0) is 31.1. The second kappa shape index (κ2) is 14.6. The lowest BCUT2D eigenvalue weighted by atomic mass is 9.94. The minimum Gasteiger partial charge on any atom is -0.507 e. The number of hydrogen-bond donors (Lipinski definition) is 1. The van der Waals surface area contributed by atoms with Gasteiger partial charge >= 0.3 is 0 Å². The third-order valence-corrected chi connectivity index (χ3v) is 7.98. The zero-order valence-corrected chi connectivity index (χ0v) is 25.8. The van der Waals surface area contributed by atoms with Gasteiger partial charge in [-0.3, -0.25) is 14.5 Å². The molecule has 3 aromatic rings.